The van der Waals surface area contributed by atoms with E-state index in [-0.39, 0.29) is 28.6 Å². The Morgan fingerprint density at radius 3 is 2.27 bits per heavy atom. The van der Waals surface area contributed by atoms with Crippen LogP contribution in [0.3, 0.4) is 0 Å². The van der Waals surface area contributed by atoms with Crippen LogP contribution in [0.25, 0.3) is 6.08 Å². The lowest BCUT2D eigenvalue weighted by Crippen LogP contribution is -2.33. The van der Waals surface area contributed by atoms with Crippen LogP contribution in [0.2, 0.25) is 0 Å². The summed E-state index contributed by atoms with van der Waals surface area (Å²) in [6.45, 7) is -0.276. The number of amides is 2. The number of rotatable bonds is 8. The molecule has 1 heterocycles. The first kappa shape index (κ1) is 26.7. The number of thioether (sulfide) groups is 1. The van der Waals surface area contributed by atoms with Crippen molar-refractivity contribution in [3.63, 3.8) is 0 Å². The maximum atomic E-state index is 13.1. The van der Waals surface area contributed by atoms with Gasteiger partial charge in [0.2, 0.25) is 0 Å². The van der Waals surface area contributed by atoms with Crippen molar-refractivity contribution in [2.45, 2.75) is 6.61 Å². The standard InChI is InChI=1S/C25H15Br2FN2O6S/c26-19-9-15(10-20(27)23(19)36-13-14-1-5-17(28)6-2-14)11-22-24(32)29(25(33)37-22)12-21(31)16-3-7-18(8-4-16)30(34)35/h1-11H,12-13H2/b22-11+. The van der Waals surface area contributed by atoms with E-state index in [4.69, 9.17) is 4.74 Å². The average molecular weight is 650 g/mol. The van der Waals surface area contributed by atoms with Gasteiger partial charge in [-0.1, -0.05) is 12.1 Å². The molecule has 1 saturated heterocycles. The fourth-order valence-electron chi connectivity index (χ4n) is 3.33. The Bertz CT molecular complexity index is 1420. The first-order chi connectivity index (χ1) is 17.6. The van der Waals surface area contributed by atoms with Crippen LogP contribution in [-0.4, -0.2) is 33.3 Å². The fourth-order valence-corrected chi connectivity index (χ4v) is 5.62. The Morgan fingerprint density at radius 2 is 1.68 bits per heavy atom. The van der Waals surface area contributed by atoms with Crippen LogP contribution < -0.4 is 4.74 Å². The van der Waals surface area contributed by atoms with Crippen molar-refractivity contribution in [1.29, 1.82) is 0 Å². The van der Waals surface area contributed by atoms with Crippen molar-refractivity contribution in [3.05, 3.63) is 107 Å². The lowest BCUT2D eigenvalue weighted by atomic mass is 10.1. The van der Waals surface area contributed by atoms with E-state index in [1.54, 1.807) is 24.3 Å². The zero-order chi connectivity index (χ0) is 26.7. The molecule has 3 aromatic carbocycles. The minimum Gasteiger partial charge on any atom is -0.487 e. The van der Waals surface area contributed by atoms with E-state index in [9.17, 15) is 28.9 Å². The van der Waals surface area contributed by atoms with Gasteiger partial charge in [0, 0.05) is 17.7 Å². The van der Waals surface area contributed by atoms with Crippen molar-refractivity contribution in [3.8, 4) is 5.75 Å². The van der Waals surface area contributed by atoms with Gasteiger partial charge in [-0.2, -0.15) is 0 Å². The molecule has 0 bridgehead atoms. The van der Waals surface area contributed by atoms with Gasteiger partial charge in [-0.25, -0.2) is 4.39 Å². The molecule has 2 amide bonds. The Hall–Kier alpha value is -3.35. The summed E-state index contributed by atoms with van der Waals surface area (Å²) in [6, 6.07) is 14.3. The van der Waals surface area contributed by atoms with Gasteiger partial charge in [-0.05, 0) is 97.2 Å². The van der Waals surface area contributed by atoms with E-state index in [1.807, 2.05) is 0 Å². The third-order valence-electron chi connectivity index (χ3n) is 5.19. The lowest BCUT2D eigenvalue weighted by Gasteiger charge is -2.12. The van der Waals surface area contributed by atoms with E-state index >= 15 is 0 Å². The summed E-state index contributed by atoms with van der Waals surface area (Å²) < 4.78 is 20.1. The monoisotopic (exact) mass is 648 g/mol. The van der Waals surface area contributed by atoms with E-state index in [0.29, 0.717) is 32.0 Å². The second-order valence-electron chi connectivity index (χ2n) is 7.72. The number of imide groups is 1. The smallest absolute Gasteiger partial charge is 0.293 e. The first-order valence-electron chi connectivity index (χ1n) is 10.5. The number of carbonyl (C=O) groups excluding carboxylic acids is 3. The highest BCUT2D eigenvalue weighted by Crippen LogP contribution is 2.38. The third-order valence-corrected chi connectivity index (χ3v) is 7.28. The van der Waals surface area contributed by atoms with E-state index in [2.05, 4.69) is 31.9 Å². The summed E-state index contributed by atoms with van der Waals surface area (Å²) >= 11 is 7.60. The molecule has 0 spiro atoms. The number of carbonyl (C=O) groups is 3. The molecule has 8 nitrogen and oxygen atoms in total. The molecule has 0 radical (unpaired) electrons. The average Bonchev–Trinajstić information content (AvgIpc) is 3.11. The van der Waals surface area contributed by atoms with E-state index < -0.39 is 28.4 Å². The minimum absolute atomic E-state index is 0.139. The zero-order valence-corrected chi connectivity index (χ0v) is 22.6. The zero-order valence-electron chi connectivity index (χ0n) is 18.7. The molecule has 3 aromatic rings. The molecule has 0 aromatic heterocycles. The second-order valence-corrected chi connectivity index (χ2v) is 10.4. The lowest BCUT2D eigenvalue weighted by molar-refractivity contribution is -0.384. The normalized spacial score (nSPS) is 14.4. The summed E-state index contributed by atoms with van der Waals surface area (Å²) in [5, 5.41) is 10.2. The van der Waals surface area contributed by atoms with Crippen molar-refractivity contribution in [2.75, 3.05) is 6.54 Å². The number of ether oxygens (including phenoxy) is 1. The number of benzene rings is 3. The molecule has 0 saturated carbocycles. The SMILES string of the molecule is O=C(CN1C(=O)S/C(=C/c2cc(Br)c(OCc3ccc(F)cc3)c(Br)c2)C1=O)c1ccc([N+](=O)[O-])cc1. The number of Topliss-reactive ketones (excluding diaryl/α,β-unsaturated/α-hetero) is 1. The Kier molecular flexibility index (Phi) is 8.20. The summed E-state index contributed by atoms with van der Waals surface area (Å²) in [6.07, 6.45) is 1.53. The number of nitro benzene ring substituents is 1. The number of ketones is 1. The molecule has 0 aliphatic carbocycles. The van der Waals surface area contributed by atoms with Crippen molar-refractivity contribution in [2.24, 2.45) is 0 Å². The molecule has 1 aliphatic rings. The Labute approximate surface area is 230 Å². The minimum atomic E-state index is -0.617. The molecular weight excluding hydrogens is 635 g/mol. The van der Waals surface area contributed by atoms with Crippen LogP contribution in [0.1, 0.15) is 21.5 Å². The van der Waals surface area contributed by atoms with Gasteiger partial charge in [0.25, 0.3) is 16.8 Å². The van der Waals surface area contributed by atoms with E-state index in [1.165, 1.54) is 42.5 Å². The summed E-state index contributed by atoms with van der Waals surface area (Å²) in [5.74, 6) is -0.973. The molecule has 1 fully saturated rings. The highest BCUT2D eigenvalue weighted by Gasteiger charge is 2.36. The summed E-state index contributed by atoms with van der Waals surface area (Å²) in [4.78, 5) is 49.0. The van der Waals surface area contributed by atoms with Crippen LogP contribution in [0.15, 0.2) is 74.5 Å². The largest absolute Gasteiger partial charge is 0.487 e. The van der Waals surface area contributed by atoms with Gasteiger partial charge in [-0.15, -0.1) is 0 Å². The number of hydrogen-bond acceptors (Lipinski definition) is 7. The van der Waals surface area contributed by atoms with Crippen molar-refractivity contribution >= 4 is 72.3 Å². The molecule has 0 atom stereocenters. The van der Waals surface area contributed by atoms with Crippen LogP contribution in [0.5, 0.6) is 5.75 Å². The molecule has 1 aliphatic heterocycles. The van der Waals surface area contributed by atoms with Gasteiger partial charge >= 0.3 is 0 Å². The van der Waals surface area contributed by atoms with Gasteiger partial charge in [-0.3, -0.25) is 29.4 Å². The first-order valence-corrected chi connectivity index (χ1v) is 12.9. The predicted molar refractivity (Wildman–Crippen MR) is 143 cm³/mol. The summed E-state index contributed by atoms with van der Waals surface area (Å²) in [5.41, 5.74) is 1.36. The molecule has 0 unspecified atom stereocenters. The van der Waals surface area contributed by atoms with Crippen molar-refractivity contribution in [1.82, 2.24) is 4.90 Å². The third kappa shape index (κ3) is 6.32. The quantitative estimate of drug-likeness (QED) is 0.115. The van der Waals surface area contributed by atoms with Gasteiger partial charge < -0.3 is 4.74 Å². The van der Waals surface area contributed by atoms with Gasteiger partial charge in [0.05, 0.1) is 25.3 Å². The van der Waals surface area contributed by atoms with E-state index in [0.717, 1.165) is 10.5 Å². The number of nitrogens with zero attached hydrogens (tertiary/aromatic N) is 2. The topological polar surface area (TPSA) is 107 Å². The Balaban J connectivity index is 1.46. The highest BCUT2D eigenvalue weighted by molar-refractivity contribution is 9.11. The molecule has 188 valence electrons. The molecular formula is C25H15Br2FN2O6S. The van der Waals surface area contributed by atoms with Crippen molar-refractivity contribution < 1.29 is 28.4 Å². The second kappa shape index (κ2) is 11.4. The van der Waals surface area contributed by atoms with Crippen LogP contribution in [0, 0.1) is 15.9 Å². The number of hydrogen-bond donors (Lipinski definition) is 0. The van der Waals surface area contributed by atoms with Crippen LogP contribution in [0.4, 0.5) is 14.9 Å². The van der Waals surface area contributed by atoms with Gasteiger partial charge in [0.1, 0.15) is 18.2 Å². The fraction of sp³-hybridized carbons (Fsp3) is 0.0800. The highest BCUT2D eigenvalue weighted by atomic mass is 79.9. The maximum Gasteiger partial charge on any atom is 0.293 e. The van der Waals surface area contributed by atoms with Gasteiger partial charge in [0.15, 0.2) is 5.78 Å². The molecule has 4 rings (SSSR count). The number of nitro groups is 1. The number of non-ortho nitro benzene ring substituents is 1. The molecule has 12 heteroatoms. The Morgan fingerprint density at radius 1 is 1.05 bits per heavy atom. The van der Waals surface area contributed by atoms with Crippen LogP contribution >= 0.6 is 43.6 Å². The molecule has 0 N–H and O–H groups in total. The number of halogens is 3. The maximum absolute atomic E-state index is 13.1. The van der Waals surface area contributed by atoms with Crippen LogP contribution in [-0.2, 0) is 11.4 Å². The summed E-state index contributed by atoms with van der Waals surface area (Å²) in [7, 11) is 0. The molecule has 37 heavy (non-hydrogen) atoms. The predicted octanol–water partition coefficient (Wildman–Crippen LogP) is 6.76.